The third-order valence-electron chi connectivity index (χ3n) is 4.68. The molecule has 1 heterocycles. The second kappa shape index (κ2) is 8.93. The van der Waals surface area contributed by atoms with E-state index in [0.717, 1.165) is 22.3 Å². The molecule has 1 aromatic rings. The predicted molar refractivity (Wildman–Crippen MR) is 103 cm³/mol. The number of ether oxygens (including phenoxy) is 3. The van der Waals surface area contributed by atoms with Crippen LogP contribution in [0.2, 0.25) is 0 Å². The smallest absolute Gasteiger partial charge is 0.342 e. The van der Waals surface area contributed by atoms with Crippen LogP contribution in [0.15, 0.2) is 11.6 Å². The lowest BCUT2D eigenvalue weighted by atomic mass is 9.94. The fourth-order valence-corrected chi connectivity index (χ4v) is 3.32. The number of benzene rings is 1. The molecule has 0 bridgehead atoms. The number of fused-ring (bicyclic) bond motifs is 1. The molecule has 0 fully saturated rings. The molecule has 148 valence electrons. The summed E-state index contributed by atoms with van der Waals surface area (Å²) in [5.74, 6) is 0.908. The number of rotatable bonds is 8. The van der Waals surface area contributed by atoms with E-state index in [9.17, 15) is 9.59 Å². The highest BCUT2D eigenvalue weighted by atomic mass is 16.5. The number of amides is 1. The van der Waals surface area contributed by atoms with Gasteiger partial charge in [0.15, 0.2) is 0 Å². The SMILES string of the molecule is COc1c(C)c2c(c(OC)c1C/C=C(\C)CCC(=O)NC(C)C)C(=O)OC2. The largest absolute Gasteiger partial charge is 0.496 e. The number of allylic oxidation sites excluding steroid dienone is 2. The van der Waals surface area contributed by atoms with Crippen molar-refractivity contribution in [3.05, 3.63) is 33.9 Å². The van der Waals surface area contributed by atoms with Crippen LogP contribution < -0.4 is 14.8 Å². The fourth-order valence-electron chi connectivity index (χ4n) is 3.32. The van der Waals surface area contributed by atoms with Crippen molar-refractivity contribution in [2.45, 2.75) is 59.6 Å². The van der Waals surface area contributed by atoms with Crippen LogP contribution in [-0.2, 0) is 22.6 Å². The van der Waals surface area contributed by atoms with Crippen LogP contribution in [0.3, 0.4) is 0 Å². The molecule has 0 aromatic heterocycles. The highest BCUT2D eigenvalue weighted by molar-refractivity contribution is 5.98. The Hall–Kier alpha value is -2.50. The molecule has 0 saturated carbocycles. The van der Waals surface area contributed by atoms with Crippen LogP contribution in [0.4, 0.5) is 0 Å². The summed E-state index contributed by atoms with van der Waals surface area (Å²) in [5, 5.41) is 2.89. The zero-order valence-corrected chi connectivity index (χ0v) is 17.0. The molecule has 1 N–H and O–H groups in total. The lowest BCUT2D eigenvalue weighted by Crippen LogP contribution is -2.29. The third kappa shape index (κ3) is 4.62. The molecule has 6 heteroatoms. The van der Waals surface area contributed by atoms with Crippen LogP contribution >= 0.6 is 0 Å². The van der Waals surface area contributed by atoms with Crippen molar-refractivity contribution in [2.24, 2.45) is 0 Å². The van der Waals surface area contributed by atoms with Crippen LogP contribution in [0, 0.1) is 6.92 Å². The Labute approximate surface area is 160 Å². The summed E-state index contributed by atoms with van der Waals surface area (Å²) in [5.41, 5.74) is 4.13. The summed E-state index contributed by atoms with van der Waals surface area (Å²) in [6.45, 7) is 8.05. The molecule has 6 nitrogen and oxygen atoms in total. The molecular formula is C21H29NO5. The van der Waals surface area contributed by atoms with E-state index in [2.05, 4.69) is 11.4 Å². The number of carbonyl (C=O) groups excluding carboxylic acids is 2. The lowest BCUT2D eigenvalue weighted by Gasteiger charge is -2.18. The Morgan fingerprint density at radius 1 is 1.22 bits per heavy atom. The molecule has 0 atom stereocenters. The van der Waals surface area contributed by atoms with Crippen molar-refractivity contribution in [2.75, 3.05) is 14.2 Å². The average molecular weight is 375 g/mol. The van der Waals surface area contributed by atoms with Crippen LogP contribution in [-0.4, -0.2) is 32.1 Å². The lowest BCUT2D eigenvalue weighted by molar-refractivity contribution is -0.121. The molecule has 1 aliphatic rings. The van der Waals surface area contributed by atoms with E-state index in [0.29, 0.717) is 36.3 Å². The normalized spacial score (nSPS) is 13.4. The molecule has 0 aliphatic carbocycles. The van der Waals surface area contributed by atoms with Crippen molar-refractivity contribution in [3.63, 3.8) is 0 Å². The van der Waals surface area contributed by atoms with E-state index >= 15 is 0 Å². The maximum Gasteiger partial charge on any atom is 0.342 e. The Kier molecular flexibility index (Phi) is 6.88. The van der Waals surface area contributed by atoms with Crippen LogP contribution in [0.1, 0.15) is 60.7 Å². The molecule has 0 spiro atoms. The first-order valence-corrected chi connectivity index (χ1v) is 9.18. The van der Waals surface area contributed by atoms with Gasteiger partial charge in [0.05, 0.1) is 14.2 Å². The summed E-state index contributed by atoms with van der Waals surface area (Å²) < 4.78 is 16.4. The zero-order chi connectivity index (χ0) is 20.1. The van der Waals surface area contributed by atoms with E-state index in [1.165, 1.54) is 0 Å². The molecule has 0 radical (unpaired) electrons. The minimum absolute atomic E-state index is 0.0454. The van der Waals surface area contributed by atoms with Gasteiger partial charge in [-0.05, 0) is 46.1 Å². The molecule has 1 aromatic carbocycles. The highest BCUT2D eigenvalue weighted by Crippen LogP contribution is 2.42. The van der Waals surface area contributed by atoms with E-state index in [1.807, 2.05) is 27.7 Å². The molecule has 2 rings (SSSR count). The van der Waals surface area contributed by atoms with E-state index < -0.39 is 0 Å². The number of methoxy groups -OCH3 is 2. The quantitative estimate of drug-likeness (QED) is 0.556. The standard InChI is InChI=1S/C21H29NO5/c1-12(2)22-17(23)10-8-13(3)7-9-15-19(25-5)14(4)16-11-27-21(24)18(16)20(15)26-6/h7,12H,8-11H2,1-6H3,(H,22,23)/b13-7+. The van der Waals surface area contributed by atoms with E-state index in [-0.39, 0.29) is 24.5 Å². The molecule has 0 unspecified atom stereocenters. The van der Waals surface area contributed by atoms with Gasteiger partial charge in [0.2, 0.25) is 5.91 Å². The third-order valence-corrected chi connectivity index (χ3v) is 4.68. The van der Waals surface area contributed by atoms with Crippen molar-refractivity contribution >= 4 is 11.9 Å². The van der Waals surface area contributed by atoms with Gasteiger partial charge in [-0.3, -0.25) is 4.79 Å². The first kappa shape index (κ1) is 20.8. The minimum atomic E-state index is -0.361. The van der Waals surface area contributed by atoms with Crippen molar-refractivity contribution in [3.8, 4) is 11.5 Å². The summed E-state index contributed by atoms with van der Waals surface area (Å²) in [6, 6.07) is 0.143. The van der Waals surface area contributed by atoms with Crippen molar-refractivity contribution < 1.29 is 23.8 Å². The molecule has 1 aliphatic heterocycles. The Morgan fingerprint density at radius 3 is 2.48 bits per heavy atom. The molecular weight excluding hydrogens is 346 g/mol. The highest BCUT2D eigenvalue weighted by Gasteiger charge is 2.32. The second-order valence-corrected chi connectivity index (χ2v) is 7.08. The van der Waals surface area contributed by atoms with Gasteiger partial charge in [-0.15, -0.1) is 0 Å². The number of hydrogen-bond acceptors (Lipinski definition) is 5. The van der Waals surface area contributed by atoms with Gasteiger partial charge in [-0.1, -0.05) is 11.6 Å². The van der Waals surface area contributed by atoms with Crippen LogP contribution in [0.5, 0.6) is 11.5 Å². The fraction of sp³-hybridized carbons (Fsp3) is 0.524. The predicted octanol–water partition coefficient (Wildman–Crippen LogP) is 3.48. The van der Waals surface area contributed by atoms with Gasteiger partial charge in [-0.25, -0.2) is 4.79 Å². The molecule has 0 saturated heterocycles. The number of cyclic esters (lactones) is 1. The number of nitrogens with one attached hydrogen (secondary N) is 1. The first-order chi connectivity index (χ1) is 12.8. The maximum absolute atomic E-state index is 12.2. The summed E-state index contributed by atoms with van der Waals surface area (Å²) >= 11 is 0. The van der Waals surface area contributed by atoms with Crippen molar-refractivity contribution in [1.82, 2.24) is 5.32 Å². The second-order valence-electron chi connectivity index (χ2n) is 7.08. The van der Waals surface area contributed by atoms with E-state index in [1.54, 1.807) is 14.2 Å². The van der Waals surface area contributed by atoms with Crippen molar-refractivity contribution in [1.29, 1.82) is 0 Å². The average Bonchev–Trinajstić information content (AvgIpc) is 3.00. The number of hydrogen-bond donors (Lipinski definition) is 1. The summed E-state index contributed by atoms with van der Waals surface area (Å²) in [7, 11) is 3.16. The Balaban J connectivity index is 2.25. The Morgan fingerprint density at radius 2 is 1.89 bits per heavy atom. The first-order valence-electron chi connectivity index (χ1n) is 9.18. The number of carbonyl (C=O) groups is 2. The van der Waals surface area contributed by atoms with Gasteiger partial charge in [0.25, 0.3) is 0 Å². The van der Waals surface area contributed by atoms with Gasteiger partial charge < -0.3 is 19.5 Å². The molecule has 1 amide bonds. The zero-order valence-electron chi connectivity index (χ0n) is 17.0. The summed E-state index contributed by atoms with van der Waals surface area (Å²) in [4.78, 5) is 24.0. The topological polar surface area (TPSA) is 73.9 Å². The monoisotopic (exact) mass is 375 g/mol. The van der Waals surface area contributed by atoms with E-state index in [4.69, 9.17) is 14.2 Å². The van der Waals surface area contributed by atoms with Gasteiger partial charge in [0.1, 0.15) is 23.7 Å². The van der Waals surface area contributed by atoms with Gasteiger partial charge >= 0.3 is 5.97 Å². The summed E-state index contributed by atoms with van der Waals surface area (Å²) in [6.07, 6.45) is 3.72. The van der Waals surface area contributed by atoms with Gasteiger partial charge in [0, 0.05) is 23.6 Å². The minimum Gasteiger partial charge on any atom is -0.496 e. The van der Waals surface area contributed by atoms with Gasteiger partial charge in [-0.2, -0.15) is 0 Å². The van der Waals surface area contributed by atoms with Crippen LogP contribution in [0.25, 0.3) is 0 Å². The molecule has 27 heavy (non-hydrogen) atoms. The maximum atomic E-state index is 12.2. The number of esters is 1. The Bertz CT molecular complexity index is 765.